The van der Waals surface area contributed by atoms with Crippen LogP contribution in [0, 0.1) is 6.92 Å². The van der Waals surface area contributed by atoms with E-state index < -0.39 is 6.04 Å². The first-order valence-electron chi connectivity index (χ1n) is 10.9. The Morgan fingerprint density at radius 3 is 2.43 bits per heavy atom. The van der Waals surface area contributed by atoms with Gasteiger partial charge in [-0.25, -0.2) is 0 Å². The first kappa shape index (κ1) is 22.4. The number of aryl methyl sites for hydroxylation is 1. The van der Waals surface area contributed by atoms with Crippen molar-refractivity contribution >= 4 is 23.4 Å². The molecule has 160 valence electrons. The molecule has 2 amide bonds. The van der Waals surface area contributed by atoms with E-state index in [0.29, 0.717) is 18.0 Å². The molecule has 0 saturated heterocycles. The molecule has 30 heavy (non-hydrogen) atoms. The van der Waals surface area contributed by atoms with Crippen molar-refractivity contribution in [1.82, 2.24) is 10.2 Å². The van der Waals surface area contributed by atoms with E-state index in [9.17, 15) is 9.59 Å². The van der Waals surface area contributed by atoms with Gasteiger partial charge in [-0.15, -0.1) is 0 Å². The van der Waals surface area contributed by atoms with Crippen molar-refractivity contribution in [1.29, 1.82) is 0 Å². The third kappa shape index (κ3) is 6.09. The molecule has 0 unspecified atom stereocenters. The lowest BCUT2D eigenvalue weighted by atomic mass is 10.0. The van der Waals surface area contributed by atoms with Gasteiger partial charge in [0.2, 0.25) is 11.8 Å². The zero-order valence-electron chi connectivity index (χ0n) is 17.9. The van der Waals surface area contributed by atoms with Crippen LogP contribution in [0.25, 0.3) is 0 Å². The van der Waals surface area contributed by atoms with Crippen LogP contribution in [0.5, 0.6) is 0 Å². The number of hydrogen-bond donors (Lipinski definition) is 1. The molecule has 0 aliphatic heterocycles. The maximum atomic E-state index is 13.4. The fraction of sp³-hybridized carbons (Fsp3) is 0.440. The van der Waals surface area contributed by atoms with Gasteiger partial charge in [0.25, 0.3) is 0 Å². The quantitative estimate of drug-likeness (QED) is 0.641. The van der Waals surface area contributed by atoms with E-state index in [-0.39, 0.29) is 24.3 Å². The summed E-state index contributed by atoms with van der Waals surface area (Å²) in [6.07, 6.45) is 5.21. The zero-order valence-corrected chi connectivity index (χ0v) is 18.6. The normalized spacial score (nSPS) is 15.0. The molecule has 1 N–H and O–H groups in total. The monoisotopic (exact) mass is 426 g/mol. The minimum Gasteiger partial charge on any atom is -0.352 e. The molecule has 1 aliphatic carbocycles. The number of nitrogens with zero attached hydrogens (tertiary/aromatic N) is 1. The second kappa shape index (κ2) is 10.6. The Labute approximate surface area is 184 Å². The Morgan fingerprint density at radius 1 is 1.10 bits per heavy atom. The van der Waals surface area contributed by atoms with Gasteiger partial charge in [-0.05, 0) is 49.4 Å². The zero-order chi connectivity index (χ0) is 21.5. The Morgan fingerprint density at radius 2 is 1.80 bits per heavy atom. The van der Waals surface area contributed by atoms with Gasteiger partial charge in [0.05, 0.1) is 6.42 Å². The van der Waals surface area contributed by atoms with Crippen molar-refractivity contribution in [2.75, 3.05) is 0 Å². The summed E-state index contributed by atoms with van der Waals surface area (Å²) in [5.74, 6) is -0.0834. The summed E-state index contributed by atoms with van der Waals surface area (Å²) in [7, 11) is 0. The highest BCUT2D eigenvalue weighted by Crippen LogP contribution is 2.20. The van der Waals surface area contributed by atoms with Gasteiger partial charge in [0.15, 0.2) is 0 Å². The second-order valence-corrected chi connectivity index (χ2v) is 8.66. The van der Waals surface area contributed by atoms with Crippen LogP contribution in [-0.4, -0.2) is 28.8 Å². The maximum Gasteiger partial charge on any atom is 0.243 e. The van der Waals surface area contributed by atoms with E-state index in [0.717, 1.165) is 42.4 Å². The maximum absolute atomic E-state index is 13.4. The number of carbonyl (C=O) groups is 2. The lowest BCUT2D eigenvalue weighted by molar-refractivity contribution is -0.141. The average molecular weight is 427 g/mol. The first-order valence-corrected chi connectivity index (χ1v) is 11.2. The minimum absolute atomic E-state index is 0.0380. The summed E-state index contributed by atoms with van der Waals surface area (Å²) in [4.78, 5) is 28.2. The van der Waals surface area contributed by atoms with Crippen molar-refractivity contribution in [2.45, 2.75) is 71.0 Å². The van der Waals surface area contributed by atoms with Crippen LogP contribution in [0.3, 0.4) is 0 Å². The number of carbonyl (C=O) groups excluding carboxylic acids is 2. The molecule has 0 bridgehead atoms. The molecule has 5 heteroatoms. The molecule has 0 heterocycles. The minimum atomic E-state index is -0.487. The van der Waals surface area contributed by atoms with E-state index in [2.05, 4.69) is 5.32 Å². The summed E-state index contributed by atoms with van der Waals surface area (Å²) in [5, 5.41) is 3.83. The summed E-state index contributed by atoms with van der Waals surface area (Å²) >= 11 is 6.02. The molecule has 0 spiro atoms. The van der Waals surface area contributed by atoms with E-state index >= 15 is 0 Å². The van der Waals surface area contributed by atoms with Crippen LogP contribution in [-0.2, 0) is 22.6 Å². The van der Waals surface area contributed by atoms with Crippen LogP contribution in [0.1, 0.15) is 55.7 Å². The van der Waals surface area contributed by atoms with E-state index in [1.807, 2.05) is 62.4 Å². The third-order valence-corrected chi connectivity index (χ3v) is 6.04. The number of halogens is 1. The summed E-state index contributed by atoms with van der Waals surface area (Å²) in [6.45, 7) is 4.37. The highest BCUT2D eigenvalue weighted by Gasteiger charge is 2.30. The van der Waals surface area contributed by atoms with Crippen molar-refractivity contribution in [3.05, 3.63) is 70.2 Å². The molecule has 1 saturated carbocycles. The Bertz CT molecular complexity index is 860. The highest BCUT2D eigenvalue weighted by molar-refractivity contribution is 6.30. The van der Waals surface area contributed by atoms with Gasteiger partial charge in [0, 0.05) is 17.6 Å². The lowest BCUT2D eigenvalue weighted by Gasteiger charge is -2.31. The van der Waals surface area contributed by atoms with Crippen molar-refractivity contribution < 1.29 is 9.59 Å². The Balaban J connectivity index is 1.81. The van der Waals surface area contributed by atoms with E-state index in [1.165, 1.54) is 0 Å². The summed E-state index contributed by atoms with van der Waals surface area (Å²) in [6, 6.07) is 15.2. The molecule has 1 fully saturated rings. The Kier molecular flexibility index (Phi) is 7.92. The summed E-state index contributed by atoms with van der Waals surface area (Å²) in [5.41, 5.74) is 3.05. The predicted molar refractivity (Wildman–Crippen MR) is 121 cm³/mol. The van der Waals surface area contributed by atoms with Gasteiger partial charge >= 0.3 is 0 Å². The predicted octanol–water partition coefficient (Wildman–Crippen LogP) is 5.06. The number of amides is 2. The van der Waals surface area contributed by atoms with Crippen LogP contribution in [0.15, 0.2) is 48.5 Å². The molecule has 3 rings (SSSR count). The topological polar surface area (TPSA) is 49.4 Å². The van der Waals surface area contributed by atoms with Crippen LogP contribution >= 0.6 is 11.6 Å². The third-order valence-electron chi connectivity index (χ3n) is 5.79. The molecule has 2 aromatic rings. The molecule has 1 aliphatic rings. The van der Waals surface area contributed by atoms with Crippen LogP contribution in [0.4, 0.5) is 0 Å². The molecule has 1 atom stereocenters. The summed E-state index contributed by atoms with van der Waals surface area (Å²) < 4.78 is 0. The van der Waals surface area contributed by atoms with Crippen LogP contribution < -0.4 is 5.32 Å². The molecule has 4 nitrogen and oxygen atoms in total. The Hall–Kier alpha value is -2.33. The van der Waals surface area contributed by atoms with Gasteiger partial charge in [-0.1, -0.05) is 73.3 Å². The molecule has 0 radical (unpaired) electrons. The van der Waals surface area contributed by atoms with E-state index in [1.54, 1.807) is 4.90 Å². The molecular weight excluding hydrogens is 396 g/mol. The van der Waals surface area contributed by atoms with Gasteiger partial charge in [-0.3, -0.25) is 9.59 Å². The highest BCUT2D eigenvalue weighted by atomic mass is 35.5. The average Bonchev–Trinajstić information content (AvgIpc) is 3.22. The van der Waals surface area contributed by atoms with Crippen molar-refractivity contribution in [3.63, 3.8) is 0 Å². The molecular formula is C25H31ClN2O2. The van der Waals surface area contributed by atoms with Crippen molar-refractivity contribution in [2.24, 2.45) is 0 Å². The number of benzene rings is 2. The fourth-order valence-corrected chi connectivity index (χ4v) is 4.30. The SMILES string of the molecule is CC[C@H](C(=O)NC1CCCC1)N(Cc1ccc(Cl)cc1)C(=O)Cc1cccc(C)c1. The van der Waals surface area contributed by atoms with Gasteiger partial charge < -0.3 is 10.2 Å². The fourth-order valence-electron chi connectivity index (χ4n) is 4.17. The van der Waals surface area contributed by atoms with Crippen LogP contribution in [0.2, 0.25) is 5.02 Å². The number of rotatable bonds is 8. The van der Waals surface area contributed by atoms with Gasteiger partial charge in [0.1, 0.15) is 6.04 Å². The van der Waals surface area contributed by atoms with Gasteiger partial charge in [-0.2, -0.15) is 0 Å². The first-order chi connectivity index (χ1) is 14.5. The lowest BCUT2D eigenvalue weighted by Crippen LogP contribution is -2.51. The molecule has 0 aromatic heterocycles. The molecule has 2 aromatic carbocycles. The van der Waals surface area contributed by atoms with E-state index in [4.69, 9.17) is 11.6 Å². The second-order valence-electron chi connectivity index (χ2n) is 8.23. The number of hydrogen-bond acceptors (Lipinski definition) is 2. The smallest absolute Gasteiger partial charge is 0.243 e. The standard InChI is InChI=1S/C25H31ClN2O2/c1-3-23(25(30)27-22-9-4-5-10-22)28(17-19-11-13-21(26)14-12-19)24(29)16-20-8-6-7-18(2)15-20/h6-8,11-15,22-23H,3-5,9-10,16-17H2,1-2H3,(H,27,30)/t23-/m1/s1. The van der Waals surface area contributed by atoms with Crippen molar-refractivity contribution in [3.8, 4) is 0 Å². The largest absolute Gasteiger partial charge is 0.352 e. The number of nitrogens with one attached hydrogen (secondary N) is 1.